The first kappa shape index (κ1) is 10.4. The fourth-order valence-corrected chi connectivity index (χ4v) is 3.72. The van der Waals surface area contributed by atoms with Crippen LogP contribution >= 0.6 is 11.8 Å². The lowest BCUT2D eigenvalue weighted by Gasteiger charge is -2.31. The van der Waals surface area contributed by atoms with E-state index in [2.05, 4.69) is 32.5 Å². The van der Waals surface area contributed by atoms with E-state index in [0.29, 0.717) is 0 Å². The molecule has 1 rings (SSSR count). The van der Waals surface area contributed by atoms with Crippen LogP contribution in [0.3, 0.4) is 0 Å². The normalized spacial score (nSPS) is 31.0. The molecule has 0 aromatic carbocycles. The minimum atomic E-state index is 0.821. The van der Waals surface area contributed by atoms with Crippen molar-refractivity contribution >= 4 is 11.8 Å². The van der Waals surface area contributed by atoms with E-state index in [1.807, 2.05) is 0 Å². The van der Waals surface area contributed by atoms with Gasteiger partial charge in [0, 0.05) is 5.25 Å². The van der Waals surface area contributed by atoms with Gasteiger partial charge in [0.05, 0.1) is 0 Å². The summed E-state index contributed by atoms with van der Waals surface area (Å²) in [6, 6.07) is 0. The highest BCUT2D eigenvalue weighted by Gasteiger charge is 2.24. The molecule has 1 saturated carbocycles. The molecule has 0 radical (unpaired) electrons. The van der Waals surface area contributed by atoms with Crippen LogP contribution in [0.2, 0.25) is 0 Å². The molecule has 2 unspecified atom stereocenters. The van der Waals surface area contributed by atoms with Crippen molar-refractivity contribution in [3.05, 3.63) is 0 Å². The van der Waals surface area contributed by atoms with E-state index < -0.39 is 0 Å². The SMILES string of the molecule is CCC1CCCCC1SC(C)C. The van der Waals surface area contributed by atoms with Gasteiger partial charge in [-0.25, -0.2) is 0 Å². The topological polar surface area (TPSA) is 0 Å². The standard InChI is InChI=1S/C11H22S/c1-4-10-7-5-6-8-11(10)12-9(2)3/h9-11H,4-8H2,1-3H3. The van der Waals surface area contributed by atoms with Gasteiger partial charge in [-0.1, -0.05) is 40.0 Å². The van der Waals surface area contributed by atoms with E-state index in [9.17, 15) is 0 Å². The molecule has 0 spiro atoms. The molecule has 0 saturated heterocycles. The van der Waals surface area contributed by atoms with Crippen LogP contribution < -0.4 is 0 Å². The summed E-state index contributed by atoms with van der Waals surface area (Å²) in [7, 11) is 0. The van der Waals surface area contributed by atoms with Gasteiger partial charge in [-0.3, -0.25) is 0 Å². The molecule has 0 N–H and O–H groups in total. The maximum atomic E-state index is 2.35. The van der Waals surface area contributed by atoms with Crippen molar-refractivity contribution in [1.82, 2.24) is 0 Å². The van der Waals surface area contributed by atoms with E-state index in [-0.39, 0.29) is 0 Å². The van der Waals surface area contributed by atoms with Crippen molar-refractivity contribution in [2.75, 3.05) is 0 Å². The number of thioether (sulfide) groups is 1. The minimum absolute atomic E-state index is 0.821. The highest BCUT2D eigenvalue weighted by molar-refractivity contribution is 8.00. The summed E-state index contributed by atoms with van der Waals surface area (Å²) < 4.78 is 0. The lowest BCUT2D eigenvalue weighted by molar-refractivity contribution is 0.361. The van der Waals surface area contributed by atoms with Crippen LogP contribution in [0.1, 0.15) is 52.9 Å². The predicted octanol–water partition coefficient (Wildman–Crippen LogP) is 4.10. The molecule has 0 heterocycles. The Morgan fingerprint density at radius 2 is 1.92 bits per heavy atom. The fraction of sp³-hybridized carbons (Fsp3) is 1.00. The molecule has 0 nitrogen and oxygen atoms in total. The van der Waals surface area contributed by atoms with Crippen LogP contribution in [-0.4, -0.2) is 10.5 Å². The quantitative estimate of drug-likeness (QED) is 0.639. The van der Waals surface area contributed by atoms with Crippen LogP contribution in [0, 0.1) is 5.92 Å². The highest BCUT2D eigenvalue weighted by atomic mass is 32.2. The molecule has 1 heteroatoms. The van der Waals surface area contributed by atoms with Crippen molar-refractivity contribution < 1.29 is 0 Å². The zero-order valence-corrected chi connectivity index (χ0v) is 9.49. The summed E-state index contributed by atoms with van der Waals surface area (Å²) in [5, 5.41) is 1.80. The molecule has 1 fully saturated rings. The summed E-state index contributed by atoms with van der Waals surface area (Å²) >= 11 is 2.21. The first-order chi connectivity index (χ1) is 5.74. The molecule has 0 aromatic heterocycles. The smallest absolute Gasteiger partial charge is 0.00777 e. The van der Waals surface area contributed by atoms with Crippen molar-refractivity contribution in [3.8, 4) is 0 Å². The fourth-order valence-electron chi connectivity index (χ4n) is 2.17. The maximum Gasteiger partial charge on any atom is 0.00777 e. The Hall–Kier alpha value is 0.350. The second kappa shape index (κ2) is 5.16. The molecule has 1 aliphatic rings. The van der Waals surface area contributed by atoms with Crippen LogP contribution in [0.4, 0.5) is 0 Å². The van der Waals surface area contributed by atoms with E-state index in [1.165, 1.54) is 32.1 Å². The Kier molecular flexibility index (Phi) is 4.49. The lowest BCUT2D eigenvalue weighted by atomic mass is 9.87. The third kappa shape index (κ3) is 3.01. The van der Waals surface area contributed by atoms with Gasteiger partial charge in [0.2, 0.25) is 0 Å². The van der Waals surface area contributed by atoms with E-state index in [1.54, 1.807) is 0 Å². The molecule has 0 bridgehead atoms. The zero-order chi connectivity index (χ0) is 8.97. The Balaban J connectivity index is 2.36. The number of rotatable bonds is 3. The summed E-state index contributed by atoms with van der Waals surface area (Å²) in [4.78, 5) is 0. The van der Waals surface area contributed by atoms with Gasteiger partial charge in [-0.15, -0.1) is 0 Å². The predicted molar refractivity (Wildman–Crippen MR) is 58.8 cm³/mol. The van der Waals surface area contributed by atoms with Gasteiger partial charge < -0.3 is 0 Å². The monoisotopic (exact) mass is 186 g/mol. The summed E-state index contributed by atoms with van der Waals surface area (Å²) in [6.45, 7) is 7.00. The molecule has 72 valence electrons. The van der Waals surface area contributed by atoms with E-state index in [4.69, 9.17) is 0 Å². The van der Waals surface area contributed by atoms with Crippen LogP contribution in [0.5, 0.6) is 0 Å². The molecule has 0 amide bonds. The van der Waals surface area contributed by atoms with Crippen LogP contribution in [0.25, 0.3) is 0 Å². The average Bonchev–Trinajstić information content (AvgIpc) is 2.04. The van der Waals surface area contributed by atoms with Crippen LogP contribution in [-0.2, 0) is 0 Å². The molecule has 2 atom stereocenters. The molecule has 12 heavy (non-hydrogen) atoms. The van der Waals surface area contributed by atoms with Crippen molar-refractivity contribution in [2.24, 2.45) is 5.92 Å². The third-order valence-corrected chi connectivity index (χ3v) is 4.33. The summed E-state index contributed by atoms with van der Waals surface area (Å²) in [5.41, 5.74) is 0. The van der Waals surface area contributed by atoms with Gasteiger partial charge in [0.15, 0.2) is 0 Å². The Bertz CT molecular complexity index is 120. The first-order valence-corrected chi connectivity index (χ1v) is 6.33. The van der Waals surface area contributed by atoms with Gasteiger partial charge in [0.1, 0.15) is 0 Å². The summed E-state index contributed by atoms with van der Waals surface area (Å²) in [5.74, 6) is 1.02. The van der Waals surface area contributed by atoms with Crippen molar-refractivity contribution in [1.29, 1.82) is 0 Å². The lowest BCUT2D eigenvalue weighted by Crippen LogP contribution is -2.22. The molecule has 0 aromatic rings. The highest BCUT2D eigenvalue weighted by Crippen LogP contribution is 2.36. The Morgan fingerprint density at radius 3 is 2.50 bits per heavy atom. The number of hydrogen-bond donors (Lipinski definition) is 0. The van der Waals surface area contributed by atoms with Gasteiger partial charge in [0.25, 0.3) is 0 Å². The first-order valence-electron chi connectivity index (χ1n) is 5.39. The van der Waals surface area contributed by atoms with Crippen molar-refractivity contribution in [3.63, 3.8) is 0 Å². The van der Waals surface area contributed by atoms with Crippen LogP contribution in [0.15, 0.2) is 0 Å². The number of hydrogen-bond acceptors (Lipinski definition) is 1. The van der Waals surface area contributed by atoms with Crippen molar-refractivity contribution in [2.45, 2.75) is 63.4 Å². The molecular formula is C11H22S. The Labute approximate surface area is 81.5 Å². The molecular weight excluding hydrogens is 164 g/mol. The van der Waals surface area contributed by atoms with Gasteiger partial charge in [-0.2, -0.15) is 11.8 Å². The third-order valence-electron chi connectivity index (χ3n) is 2.81. The van der Waals surface area contributed by atoms with Gasteiger partial charge >= 0.3 is 0 Å². The summed E-state index contributed by atoms with van der Waals surface area (Å²) in [6.07, 6.45) is 7.31. The molecule has 0 aliphatic heterocycles. The Morgan fingerprint density at radius 1 is 1.25 bits per heavy atom. The molecule has 1 aliphatic carbocycles. The zero-order valence-electron chi connectivity index (χ0n) is 8.68. The minimum Gasteiger partial charge on any atom is -0.155 e. The largest absolute Gasteiger partial charge is 0.155 e. The second-order valence-corrected chi connectivity index (χ2v) is 6.00. The van der Waals surface area contributed by atoms with E-state index >= 15 is 0 Å². The van der Waals surface area contributed by atoms with E-state index in [0.717, 1.165) is 16.4 Å². The average molecular weight is 186 g/mol. The second-order valence-electron chi connectivity index (χ2n) is 4.18. The maximum absolute atomic E-state index is 2.35. The van der Waals surface area contributed by atoms with Gasteiger partial charge in [-0.05, 0) is 24.0 Å².